The molecule has 0 spiro atoms. The first-order valence-corrected chi connectivity index (χ1v) is 14.7. The number of hydrogen-bond donors (Lipinski definition) is 6. The molecule has 2 aliphatic rings. The average Bonchev–Trinajstić information content (AvgIpc) is 3.59. The number of rotatable bonds is 8. The normalized spacial score (nSPS) is 14.4. The van der Waals surface area contributed by atoms with E-state index < -0.39 is 24.1 Å². The molecule has 2 atom stereocenters. The van der Waals surface area contributed by atoms with E-state index in [-0.39, 0.29) is 50.1 Å². The fraction of sp³-hybridized carbons (Fsp3) is 0.353. The van der Waals surface area contributed by atoms with Gasteiger partial charge in [0.25, 0.3) is 0 Å². The van der Waals surface area contributed by atoms with E-state index in [9.17, 15) is 30.0 Å². The van der Waals surface area contributed by atoms with E-state index in [4.69, 9.17) is 9.97 Å². The smallest absolute Gasteiger partial charge is 0.303 e. The molecule has 10 nitrogen and oxygen atoms in total. The van der Waals surface area contributed by atoms with Gasteiger partial charge in [-0.3, -0.25) is 9.59 Å². The van der Waals surface area contributed by atoms with E-state index in [1.54, 1.807) is 13.8 Å². The molecule has 3 radical (unpaired) electrons. The fourth-order valence-electron chi connectivity index (χ4n) is 6.32. The van der Waals surface area contributed by atoms with Crippen molar-refractivity contribution in [3.63, 3.8) is 0 Å². The van der Waals surface area contributed by atoms with Crippen molar-refractivity contribution in [1.29, 1.82) is 0 Å². The number of aromatic nitrogens is 4. The molecule has 5 rings (SSSR count). The third kappa shape index (κ3) is 6.64. The van der Waals surface area contributed by atoms with Crippen LogP contribution in [-0.4, -0.2) is 76.7 Å². The number of nitrogens with one attached hydrogen (secondary N) is 2. The molecule has 8 bridgehead atoms. The van der Waals surface area contributed by atoms with Gasteiger partial charge in [0.15, 0.2) is 0 Å². The zero-order valence-electron chi connectivity index (χ0n) is 26.2. The van der Waals surface area contributed by atoms with Crippen molar-refractivity contribution in [3.8, 4) is 0 Å². The van der Waals surface area contributed by atoms with Gasteiger partial charge in [0.05, 0.1) is 35.0 Å². The quantitative estimate of drug-likeness (QED) is 0.148. The number of nitrogens with zero attached hydrogens (tertiary/aromatic N) is 2. The summed E-state index contributed by atoms with van der Waals surface area (Å²) in [4.78, 5) is 39.8. The van der Waals surface area contributed by atoms with E-state index in [0.717, 1.165) is 50.0 Å². The number of aryl methyl sites for hydroxylation is 2. The minimum Gasteiger partial charge on any atom is -0.481 e. The van der Waals surface area contributed by atoms with Gasteiger partial charge in [-0.15, -0.1) is 0 Å². The van der Waals surface area contributed by atoms with E-state index in [0.29, 0.717) is 39.4 Å². The number of allylic oxidation sites excluding steroid dienone is 4. The van der Waals surface area contributed by atoms with Crippen LogP contribution in [0.4, 0.5) is 0 Å². The number of hydrogen-bond acceptors (Lipinski definition) is 6. The molecule has 3 aromatic heterocycles. The largest absolute Gasteiger partial charge is 0.481 e. The van der Waals surface area contributed by atoms with Gasteiger partial charge < -0.3 is 30.4 Å². The molecular weight excluding hydrogens is 682 g/mol. The molecule has 0 saturated heterocycles. The Hall–Kier alpha value is -3.72. The molecule has 6 N–H and O–H groups in total. The maximum absolute atomic E-state index is 11.6. The number of fused-ring (bicyclic) bond motifs is 8. The second kappa shape index (κ2) is 13.3. The summed E-state index contributed by atoms with van der Waals surface area (Å²) in [5, 5.41) is 40.5. The molecule has 5 heterocycles. The molecule has 45 heavy (non-hydrogen) atoms. The molecule has 11 heteroatoms. The van der Waals surface area contributed by atoms with Crippen LogP contribution in [0.5, 0.6) is 0 Å². The van der Waals surface area contributed by atoms with Gasteiger partial charge in [0.2, 0.25) is 0 Å². The summed E-state index contributed by atoms with van der Waals surface area (Å²) in [6.07, 6.45) is -1.18. The Labute approximate surface area is 278 Å². The van der Waals surface area contributed by atoms with Crippen molar-refractivity contribution < 1.29 is 30.0 Å². The first-order chi connectivity index (χ1) is 20.8. The minimum atomic E-state index is -0.921. The van der Waals surface area contributed by atoms with Crippen LogP contribution in [0.15, 0.2) is 24.3 Å². The van der Waals surface area contributed by atoms with Crippen LogP contribution in [0, 0.1) is 13.8 Å². The summed E-state index contributed by atoms with van der Waals surface area (Å²) in [5.74, 6) is -1.84. The van der Waals surface area contributed by atoms with Crippen molar-refractivity contribution >= 4 is 80.7 Å². The Morgan fingerprint density at radius 1 is 0.644 bits per heavy atom. The van der Waals surface area contributed by atoms with Crippen molar-refractivity contribution in [2.24, 2.45) is 0 Å². The number of aliphatic hydroxyl groups excluding tert-OH is 2. The standard InChI is InChI=1S/C34H38N4O6.Sb/c1-15-21(7-9-31(41)42)27-14-28-22(8-10-32(43)44)16(2)24(36-28)12-29-34(20(6)40)18(4)26(38-29)13-30-33(19(5)39)17(3)25(37-30)11-23(15)35-27;/h11-14,19-20,37-40H,7-10H2,1-6H3,(H,41,42)(H,43,44);. The van der Waals surface area contributed by atoms with Gasteiger partial charge in [-0.05, 0) is 112 Å². The molecule has 0 amide bonds. The minimum absolute atomic E-state index is 0. The molecule has 3 aromatic rings. The zero-order chi connectivity index (χ0) is 32.0. The average molecular weight is 720 g/mol. The predicted molar refractivity (Wildman–Crippen MR) is 176 cm³/mol. The predicted octanol–water partition coefficient (Wildman–Crippen LogP) is 6.25. The summed E-state index contributed by atoms with van der Waals surface area (Å²) < 4.78 is 0. The summed E-state index contributed by atoms with van der Waals surface area (Å²) in [7, 11) is 0. The molecular formula is C34H38N4O6Sb. The van der Waals surface area contributed by atoms with E-state index in [2.05, 4.69) is 9.97 Å². The van der Waals surface area contributed by atoms with Gasteiger partial charge in [0, 0.05) is 70.5 Å². The van der Waals surface area contributed by atoms with Crippen LogP contribution in [0.1, 0.15) is 111 Å². The van der Waals surface area contributed by atoms with Crippen molar-refractivity contribution in [3.05, 3.63) is 69.3 Å². The Bertz CT molecular complexity index is 1930. The van der Waals surface area contributed by atoms with Crippen LogP contribution in [-0.2, 0) is 9.59 Å². The van der Waals surface area contributed by atoms with Crippen LogP contribution >= 0.6 is 0 Å². The van der Waals surface area contributed by atoms with E-state index in [1.807, 2.05) is 52.0 Å². The van der Waals surface area contributed by atoms with Crippen LogP contribution < -0.4 is 0 Å². The number of H-pyrrole nitrogens is 2. The van der Waals surface area contributed by atoms with E-state index >= 15 is 0 Å². The Kier molecular flexibility index (Phi) is 10.1. The second-order valence-electron chi connectivity index (χ2n) is 11.7. The molecule has 235 valence electrons. The van der Waals surface area contributed by atoms with Crippen molar-refractivity contribution in [2.75, 3.05) is 0 Å². The van der Waals surface area contributed by atoms with Crippen LogP contribution in [0.3, 0.4) is 0 Å². The fourth-order valence-corrected chi connectivity index (χ4v) is 6.32. The Balaban J connectivity index is 0.00000461. The topological polar surface area (TPSA) is 172 Å². The Morgan fingerprint density at radius 3 is 1.42 bits per heavy atom. The molecule has 0 aliphatic carbocycles. The number of aromatic amines is 2. The van der Waals surface area contributed by atoms with Crippen LogP contribution in [0.25, 0.3) is 44.4 Å². The molecule has 2 aliphatic heterocycles. The maximum Gasteiger partial charge on any atom is 0.303 e. The summed E-state index contributed by atoms with van der Waals surface area (Å²) >= 11 is 0. The van der Waals surface area contributed by atoms with Crippen LogP contribution in [0.2, 0.25) is 0 Å². The van der Waals surface area contributed by atoms with E-state index in [1.165, 1.54) is 0 Å². The van der Waals surface area contributed by atoms with Gasteiger partial charge in [0.1, 0.15) is 0 Å². The number of carboxylic acids is 2. The molecule has 0 aromatic carbocycles. The molecule has 0 fully saturated rings. The first kappa shape index (κ1) is 34.2. The SMILES string of the molecule is CC1=C(CCC(=O)O)c2cc3nc(cc4[nH]c(cc5[nH]c(cc1n2)c(C)c5C(C)O)c(C)c4C(C)O)C(C)=C3CCC(=O)O.[Sb]. The molecule has 2 unspecified atom stereocenters. The number of carboxylic acid groups (broad SMARTS) is 2. The number of carbonyl (C=O) groups is 2. The van der Waals surface area contributed by atoms with Crippen molar-refractivity contribution in [2.45, 2.75) is 79.4 Å². The second-order valence-corrected chi connectivity index (χ2v) is 11.7. The van der Waals surface area contributed by atoms with Gasteiger partial charge >= 0.3 is 11.9 Å². The van der Waals surface area contributed by atoms with Gasteiger partial charge in [-0.1, -0.05) is 0 Å². The third-order valence-electron chi connectivity index (χ3n) is 8.65. The third-order valence-corrected chi connectivity index (χ3v) is 8.65. The molecule has 0 saturated carbocycles. The Morgan fingerprint density at radius 2 is 1.02 bits per heavy atom. The summed E-state index contributed by atoms with van der Waals surface area (Å²) in [6, 6.07) is 7.51. The monoisotopic (exact) mass is 719 g/mol. The maximum atomic E-state index is 11.6. The number of aliphatic hydroxyl groups is 2. The summed E-state index contributed by atoms with van der Waals surface area (Å²) in [5.41, 5.74) is 11.7. The first-order valence-electron chi connectivity index (χ1n) is 14.7. The van der Waals surface area contributed by atoms with Gasteiger partial charge in [-0.25, -0.2) is 9.97 Å². The van der Waals surface area contributed by atoms with Gasteiger partial charge in [-0.2, -0.15) is 0 Å². The summed E-state index contributed by atoms with van der Waals surface area (Å²) in [6.45, 7) is 11.1. The zero-order valence-corrected chi connectivity index (χ0v) is 28.8. The van der Waals surface area contributed by atoms with Crippen molar-refractivity contribution in [1.82, 2.24) is 19.9 Å². The number of aliphatic carboxylic acids is 2.